The number of carbonyl (C=O) groups excluding carboxylic acids is 2. The van der Waals surface area contributed by atoms with Gasteiger partial charge in [-0.05, 0) is 32.1 Å². The molecule has 1 aliphatic heterocycles. The molecular weight excluding hydrogens is 208 g/mol. The Kier molecular flexibility index (Phi) is 2.99. The summed E-state index contributed by atoms with van der Waals surface area (Å²) >= 11 is 0. The molecule has 0 aromatic carbocycles. The number of cyclic esters (lactones) is 1. The molecule has 1 heterocycles. The van der Waals surface area contributed by atoms with Crippen molar-refractivity contribution in [1.29, 1.82) is 0 Å². The van der Waals surface area contributed by atoms with E-state index in [4.69, 9.17) is 9.47 Å². The van der Waals surface area contributed by atoms with Crippen molar-refractivity contribution in [3.63, 3.8) is 0 Å². The molecule has 1 atom stereocenters. The molecule has 0 radical (unpaired) electrons. The van der Waals surface area contributed by atoms with E-state index in [-0.39, 0.29) is 12.1 Å². The van der Waals surface area contributed by atoms with E-state index in [2.05, 4.69) is 6.58 Å². The molecule has 1 saturated heterocycles. The third-order valence-electron chi connectivity index (χ3n) is 3.39. The van der Waals surface area contributed by atoms with Gasteiger partial charge in [-0.2, -0.15) is 0 Å². The Hall–Kier alpha value is -1.32. The van der Waals surface area contributed by atoms with E-state index in [1.54, 1.807) is 0 Å². The molecule has 0 amide bonds. The average Bonchev–Trinajstić information content (AvgIpc) is 2.88. The quantitative estimate of drug-likeness (QED) is 0.541. The second-order valence-corrected chi connectivity index (χ2v) is 4.41. The van der Waals surface area contributed by atoms with Gasteiger partial charge in [0.2, 0.25) is 0 Å². The fourth-order valence-corrected chi connectivity index (χ4v) is 2.60. The monoisotopic (exact) mass is 224 g/mol. The third-order valence-corrected chi connectivity index (χ3v) is 3.39. The van der Waals surface area contributed by atoms with Gasteiger partial charge in [0.1, 0.15) is 11.7 Å². The molecule has 2 rings (SSSR count). The first-order valence-corrected chi connectivity index (χ1v) is 5.71. The first-order valence-electron chi connectivity index (χ1n) is 5.71. The fraction of sp³-hybridized carbons (Fsp3) is 0.667. The van der Waals surface area contributed by atoms with Gasteiger partial charge < -0.3 is 9.47 Å². The maximum absolute atomic E-state index is 11.3. The van der Waals surface area contributed by atoms with Gasteiger partial charge in [0.15, 0.2) is 0 Å². The Morgan fingerprint density at radius 3 is 2.69 bits per heavy atom. The van der Waals surface area contributed by atoms with Crippen LogP contribution in [0, 0.1) is 0 Å². The van der Waals surface area contributed by atoms with Crippen molar-refractivity contribution in [3.05, 3.63) is 12.7 Å². The molecule has 0 aromatic rings. The van der Waals surface area contributed by atoms with Crippen molar-refractivity contribution in [3.8, 4) is 0 Å². The fourth-order valence-electron chi connectivity index (χ4n) is 2.60. The van der Waals surface area contributed by atoms with Crippen molar-refractivity contribution >= 4 is 11.9 Å². The van der Waals surface area contributed by atoms with Crippen LogP contribution in [0.1, 0.15) is 38.5 Å². The van der Waals surface area contributed by atoms with E-state index < -0.39 is 11.6 Å². The van der Waals surface area contributed by atoms with Gasteiger partial charge >= 0.3 is 11.9 Å². The molecule has 16 heavy (non-hydrogen) atoms. The minimum absolute atomic E-state index is 0.189. The first-order chi connectivity index (χ1) is 7.66. The van der Waals surface area contributed by atoms with E-state index in [1.807, 2.05) is 0 Å². The van der Waals surface area contributed by atoms with Crippen LogP contribution in [0.3, 0.4) is 0 Å². The number of carbonyl (C=O) groups is 2. The molecule has 0 bridgehead atoms. The van der Waals surface area contributed by atoms with E-state index in [0.29, 0.717) is 12.8 Å². The Balaban J connectivity index is 2.11. The summed E-state index contributed by atoms with van der Waals surface area (Å²) in [6.45, 7) is 3.39. The Morgan fingerprint density at radius 2 is 2.19 bits per heavy atom. The summed E-state index contributed by atoms with van der Waals surface area (Å²) in [5.74, 6) is -0.615. The topological polar surface area (TPSA) is 52.6 Å². The number of hydrogen-bond donors (Lipinski definition) is 0. The van der Waals surface area contributed by atoms with Gasteiger partial charge in [0, 0.05) is 12.5 Å². The molecular formula is C12H16O4. The largest absolute Gasteiger partial charge is 0.458 e. The van der Waals surface area contributed by atoms with Crippen molar-refractivity contribution < 1.29 is 19.1 Å². The van der Waals surface area contributed by atoms with Crippen LogP contribution in [-0.2, 0) is 19.1 Å². The molecule has 88 valence electrons. The highest BCUT2D eigenvalue weighted by Gasteiger charge is 2.48. The minimum atomic E-state index is -0.586. The Morgan fingerprint density at radius 1 is 1.50 bits per heavy atom. The van der Waals surface area contributed by atoms with E-state index >= 15 is 0 Å². The molecule has 0 spiro atoms. The van der Waals surface area contributed by atoms with Gasteiger partial charge in [-0.15, -0.1) is 0 Å². The van der Waals surface area contributed by atoms with Crippen LogP contribution >= 0.6 is 0 Å². The van der Waals surface area contributed by atoms with Crippen LogP contribution < -0.4 is 0 Å². The van der Waals surface area contributed by atoms with Crippen molar-refractivity contribution in [1.82, 2.24) is 0 Å². The van der Waals surface area contributed by atoms with E-state index in [0.717, 1.165) is 31.8 Å². The molecule has 4 heteroatoms. The van der Waals surface area contributed by atoms with E-state index in [1.165, 1.54) is 0 Å². The molecule has 2 aliphatic rings. The summed E-state index contributed by atoms with van der Waals surface area (Å²) in [4.78, 5) is 22.5. The molecule has 4 nitrogen and oxygen atoms in total. The lowest BCUT2D eigenvalue weighted by molar-refractivity contribution is -0.174. The lowest BCUT2D eigenvalue weighted by Gasteiger charge is -2.33. The zero-order valence-electron chi connectivity index (χ0n) is 9.24. The standard InChI is InChI=1S/C12H16O4/c1-2-10(13)16-12(7-3-4-8-12)9-5-6-11(14)15-9/h2,9H,1,3-8H2. The van der Waals surface area contributed by atoms with Crippen LogP contribution in [0.5, 0.6) is 0 Å². The predicted octanol–water partition coefficient (Wildman–Crippen LogP) is 1.73. The van der Waals surface area contributed by atoms with Crippen LogP contribution in [0.2, 0.25) is 0 Å². The SMILES string of the molecule is C=CC(=O)OC1(C2CCC(=O)O2)CCCC1. The first kappa shape index (κ1) is 11.2. The van der Waals surface area contributed by atoms with Crippen LogP contribution in [0.4, 0.5) is 0 Å². The predicted molar refractivity (Wildman–Crippen MR) is 56.6 cm³/mol. The van der Waals surface area contributed by atoms with Crippen molar-refractivity contribution in [2.24, 2.45) is 0 Å². The summed E-state index contributed by atoms with van der Waals surface area (Å²) in [5.41, 5.74) is -0.586. The number of ether oxygens (including phenoxy) is 2. The lowest BCUT2D eigenvalue weighted by atomic mass is 9.92. The number of hydrogen-bond acceptors (Lipinski definition) is 4. The molecule has 0 N–H and O–H groups in total. The Labute approximate surface area is 94.6 Å². The highest BCUT2D eigenvalue weighted by Crippen LogP contribution is 2.41. The molecule has 2 fully saturated rings. The van der Waals surface area contributed by atoms with Crippen molar-refractivity contribution in [2.45, 2.75) is 50.2 Å². The summed E-state index contributed by atoms with van der Waals surface area (Å²) in [6, 6.07) is 0. The maximum atomic E-state index is 11.3. The molecule has 0 aromatic heterocycles. The summed E-state index contributed by atoms with van der Waals surface area (Å²) < 4.78 is 10.7. The Bertz CT molecular complexity index is 315. The second kappa shape index (κ2) is 4.28. The molecule has 1 aliphatic carbocycles. The normalized spacial score (nSPS) is 27.5. The van der Waals surface area contributed by atoms with Crippen molar-refractivity contribution in [2.75, 3.05) is 0 Å². The highest BCUT2D eigenvalue weighted by molar-refractivity contribution is 5.81. The maximum Gasteiger partial charge on any atom is 0.330 e. The lowest BCUT2D eigenvalue weighted by Crippen LogP contribution is -2.43. The van der Waals surface area contributed by atoms with Crippen LogP contribution in [-0.4, -0.2) is 23.6 Å². The number of esters is 2. The van der Waals surface area contributed by atoms with Gasteiger partial charge in [0.05, 0.1) is 0 Å². The highest BCUT2D eigenvalue weighted by atomic mass is 16.6. The summed E-state index contributed by atoms with van der Waals surface area (Å²) in [7, 11) is 0. The van der Waals surface area contributed by atoms with E-state index in [9.17, 15) is 9.59 Å². The van der Waals surface area contributed by atoms with Gasteiger partial charge in [-0.3, -0.25) is 4.79 Å². The van der Waals surface area contributed by atoms with Gasteiger partial charge in [-0.1, -0.05) is 6.58 Å². The molecule has 1 unspecified atom stereocenters. The molecule has 1 saturated carbocycles. The van der Waals surface area contributed by atoms with Gasteiger partial charge in [0.25, 0.3) is 0 Å². The summed E-state index contributed by atoms with van der Waals surface area (Å²) in [5, 5.41) is 0. The van der Waals surface area contributed by atoms with Crippen LogP contribution in [0.15, 0.2) is 12.7 Å². The zero-order valence-corrected chi connectivity index (χ0v) is 9.24. The minimum Gasteiger partial charge on any atom is -0.458 e. The number of rotatable bonds is 3. The average molecular weight is 224 g/mol. The third kappa shape index (κ3) is 1.96. The zero-order chi connectivity index (χ0) is 11.6. The second-order valence-electron chi connectivity index (χ2n) is 4.41. The summed E-state index contributed by atoms with van der Waals surface area (Å²) in [6.07, 6.45) is 5.58. The van der Waals surface area contributed by atoms with Crippen LogP contribution in [0.25, 0.3) is 0 Å². The van der Waals surface area contributed by atoms with Gasteiger partial charge in [-0.25, -0.2) is 4.79 Å². The smallest absolute Gasteiger partial charge is 0.330 e.